The summed E-state index contributed by atoms with van der Waals surface area (Å²) in [5.41, 5.74) is -3.11. The second-order valence-corrected chi connectivity index (χ2v) is 7.74. The topological polar surface area (TPSA) is 55.8 Å². The largest absolute Gasteiger partial charge is 0.416 e. The molecule has 0 spiro atoms. The minimum atomic E-state index is -4.94. The highest BCUT2D eigenvalue weighted by molar-refractivity contribution is 5.84. The minimum absolute atomic E-state index is 0.0576. The van der Waals surface area contributed by atoms with Crippen molar-refractivity contribution in [1.29, 1.82) is 0 Å². The van der Waals surface area contributed by atoms with Gasteiger partial charge >= 0.3 is 12.4 Å². The SMILES string of the molecule is O=C(NCc1cc(C(F)(F)F)cc(C(F)(F)F)c1)[C@@H]1C=CCN1CCN1CCC(O)C1. The number of carbonyl (C=O) groups is 1. The number of alkyl halides is 6. The summed E-state index contributed by atoms with van der Waals surface area (Å²) in [6, 6.07) is 0.620. The molecule has 1 unspecified atom stereocenters. The summed E-state index contributed by atoms with van der Waals surface area (Å²) in [4.78, 5) is 16.5. The zero-order valence-electron chi connectivity index (χ0n) is 16.5. The predicted molar refractivity (Wildman–Crippen MR) is 99.9 cm³/mol. The number of nitrogens with zero attached hydrogens (tertiary/aromatic N) is 2. The third-order valence-electron chi connectivity index (χ3n) is 5.39. The summed E-state index contributed by atoms with van der Waals surface area (Å²) in [6.07, 6.45) is -6.09. The van der Waals surface area contributed by atoms with Gasteiger partial charge in [0.1, 0.15) is 6.04 Å². The first-order valence-corrected chi connectivity index (χ1v) is 9.80. The number of β-amino-alcohol motifs (C(OH)–C–C–N with tert-alkyl or cyclic N) is 1. The van der Waals surface area contributed by atoms with Gasteiger partial charge in [0, 0.05) is 39.3 Å². The Kier molecular flexibility index (Phi) is 6.97. The number of hydrogen-bond donors (Lipinski definition) is 2. The highest BCUT2D eigenvalue weighted by atomic mass is 19.4. The first-order chi connectivity index (χ1) is 14.4. The quantitative estimate of drug-likeness (QED) is 0.516. The van der Waals surface area contributed by atoms with E-state index in [1.54, 1.807) is 12.2 Å². The number of rotatable bonds is 6. The lowest BCUT2D eigenvalue weighted by Gasteiger charge is -2.26. The minimum Gasteiger partial charge on any atom is -0.392 e. The van der Waals surface area contributed by atoms with Gasteiger partial charge in [-0.3, -0.25) is 14.6 Å². The predicted octanol–water partition coefficient (Wildman–Crippen LogP) is 2.65. The molecule has 1 fully saturated rings. The highest BCUT2D eigenvalue weighted by Gasteiger charge is 2.37. The van der Waals surface area contributed by atoms with Gasteiger partial charge in [0.25, 0.3) is 0 Å². The summed E-state index contributed by atoms with van der Waals surface area (Å²) in [7, 11) is 0. The lowest BCUT2D eigenvalue weighted by atomic mass is 10.0. The Morgan fingerprint density at radius 3 is 2.26 bits per heavy atom. The second kappa shape index (κ2) is 9.17. The van der Waals surface area contributed by atoms with Crippen molar-refractivity contribution in [3.8, 4) is 0 Å². The van der Waals surface area contributed by atoms with Crippen molar-refractivity contribution in [3.63, 3.8) is 0 Å². The van der Waals surface area contributed by atoms with Crippen LogP contribution in [-0.4, -0.2) is 65.7 Å². The number of benzene rings is 1. The zero-order chi connectivity index (χ0) is 22.8. The van der Waals surface area contributed by atoms with Crippen LogP contribution in [0.4, 0.5) is 26.3 Å². The maximum Gasteiger partial charge on any atom is 0.416 e. The molecule has 0 radical (unpaired) electrons. The number of carbonyl (C=O) groups excluding carboxylic acids is 1. The Morgan fingerprint density at radius 1 is 1.06 bits per heavy atom. The van der Waals surface area contributed by atoms with Crippen LogP contribution in [0.25, 0.3) is 0 Å². The summed E-state index contributed by atoms with van der Waals surface area (Å²) < 4.78 is 77.9. The van der Waals surface area contributed by atoms with Crippen LogP contribution in [0.2, 0.25) is 0 Å². The summed E-state index contributed by atoms with van der Waals surface area (Å²) >= 11 is 0. The maximum atomic E-state index is 13.0. The van der Waals surface area contributed by atoms with Crippen LogP contribution in [0.15, 0.2) is 30.4 Å². The monoisotopic (exact) mass is 451 g/mol. The third-order valence-corrected chi connectivity index (χ3v) is 5.39. The number of hydrogen-bond acceptors (Lipinski definition) is 4. The molecule has 2 atom stereocenters. The lowest BCUT2D eigenvalue weighted by molar-refractivity contribution is -0.143. The zero-order valence-corrected chi connectivity index (χ0v) is 16.5. The van der Waals surface area contributed by atoms with E-state index in [4.69, 9.17) is 0 Å². The Morgan fingerprint density at radius 2 is 1.71 bits per heavy atom. The second-order valence-electron chi connectivity index (χ2n) is 7.74. The van der Waals surface area contributed by atoms with Crippen molar-refractivity contribution in [2.75, 3.05) is 32.7 Å². The van der Waals surface area contributed by atoms with E-state index in [-0.39, 0.29) is 17.7 Å². The van der Waals surface area contributed by atoms with E-state index in [1.807, 2.05) is 4.90 Å². The van der Waals surface area contributed by atoms with E-state index in [2.05, 4.69) is 10.2 Å². The first-order valence-electron chi connectivity index (χ1n) is 9.80. The molecule has 31 heavy (non-hydrogen) atoms. The molecular formula is C20H23F6N3O2. The van der Waals surface area contributed by atoms with Gasteiger partial charge in [0.05, 0.1) is 17.2 Å². The molecule has 2 heterocycles. The van der Waals surface area contributed by atoms with Crippen molar-refractivity contribution in [2.24, 2.45) is 0 Å². The van der Waals surface area contributed by atoms with Gasteiger partial charge in [0.2, 0.25) is 5.91 Å². The van der Waals surface area contributed by atoms with Crippen LogP contribution in [0.1, 0.15) is 23.1 Å². The fourth-order valence-electron chi connectivity index (χ4n) is 3.74. The summed E-state index contributed by atoms with van der Waals surface area (Å²) in [5, 5.41) is 12.0. The molecular weight excluding hydrogens is 428 g/mol. The Balaban J connectivity index is 1.62. The van der Waals surface area contributed by atoms with Gasteiger partial charge in [-0.25, -0.2) is 0 Å². The lowest BCUT2D eigenvalue weighted by Crippen LogP contribution is -2.45. The summed E-state index contributed by atoms with van der Waals surface area (Å²) in [6.45, 7) is 2.56. The molecule has 2 N–H and O–H groups in total. The summed E-state index contributed by atoms with van der Waals surface area (Å²) in [5.74, 6) is -0.499. The molecule has 2 aliphatic heterocycles. The highest BCUT2D eigenvalue weighted by Crippen LogP contribution is 2.36. The molecule has 1 aromatic carbocycles. The Hall–Kier alpha value is -2.11. The van der Waals surface area contributed by atoms with Crippen molar-refractivity contribution in [1.82, 2.24) is 15.1 Å². The van der Waals surface area contributed by atoms with E-state index in [0.717, 1.165) is 6.54 Å². The van der Waals surface area contributed by atoms with E-state index in [9.17, 15) is 36.2 Å². The van der Waals surface area contributed by atoms with E-state index in [0.29, 0.717) is 44.7 Å². The fourth-order valence-corrected chi connectivity index (χ4v) is 3.74. The standard InChI is InChI=1S/C20H23F6N3O2/c21-19(22,23)14-8-13(9-15(10-14)20(24,25)26)11-27-18(31)17-2-1-4-29(17)7-6-28-5-3-16(30)12-28/h1-2,8-10,16-17,30H,3-7,11-12H2,(H,27,31)/t16?,17-/m0/s1. The van der Waals surface area contributed by atoms with Gasteiger partial charge in [0.15, 0.2) is 0 Å². The third kappa shape index (κ3) is 6.20. The molecule has 1 amide bonds. The van der Waals surface area contributed by atoms with Crippen LogP contribution < -0.4 is 5.32 Å². The molecule has 0 aliphatic carbocycles. The molecule has 3 rings (SSSR count). The first kappa shape index (κ1) is 23.6. The van der Waals surface area contributed by atoms with Gasteiger partial charge < -0.3 is 10.4 Å². The molecule has 0 bridgehead atoms. The number of likely N-dealkylation sites (tertiary alicyclic amines) is 1. The Bertz CT molecular complexity index is 792. The van der Waals surface area contributed by atoms with Gasteiger partial charge in [-0.05, 0) is 30.2 Å². The average Bonchev–Trinajstić information content (AvgIpc) is 3.31. The average molecular weight is 451 g/mol. The van der Waals surface area contributed by atoms with Crippen LogP contribution >= 0.6 is 0 Å². The van der Waals surface area contributed by atoms with Crippen molar-refractivity contribution in [3.05, 3.63) is 47.0 Å². The van der Waals surface area contributed by atoms with Crippen LogP contribution in [0.3, 0.4) is 0 Å². The van der Waals surface area contributed by atoms with Crippen LogP contribution in [-0.2, 0) is 23.7 Å². The Labute approximate surface area is 175 Å². The van der Waals surface area contributed by atoms with E-state index in [1.165, 1.54) is 0 Å². The normalized spacial score (nSPS) is 22.9. The maximum absolute atomic E-state index is 13.0. The van der Waals surface area contributed by atoms with E-state index >= 15 is 0 Å². The molecule has 1 aromatic rings. The number of aliphatic hydroxyl groups is 1. The van der Waals surface area contributed by atoms with Crippen LogP contribution in [0.5, 0.6) is 0 Å². The van der Waals surface area contributed by atoms with Crippen molar-refractivity contribution < 1.29 is 36.2 Å². The number of aliphatic hydroxyl groups excluding tert-OH is 1. The molecule has 11 heteroatoms. The molecule has 172 valence electrons. The van der Waals surface area contributed by atoms with Crippen molar-refractivity contribution >= 4 is 5.91 Å². The smallest absolute Gasteiger partial charge is 0.392 e. The molecule has 2 aliphatic rings. The van der Waals surface area contributed by atoms with Crippen molar-refractivity contribution in [2.45, 2.75) is 37.5 Å². The van der Waals surface area contributed by atoms with E-state index < -0.39 is 42.0 Å². The van der Waals surface area contributed by atoms with Gasteiger partial charge in [-0.1, -0.05) is 12.2 Å². The fraction of sp³-hybridized carbons (Fsp3) is 0.550. The van der Waals surface area contributed by atoms with Gasteiger partial charge in [-0.15, -0.1) is 0 Å². The van der Waals surface area contributed by atoms with Gasteiger partial charge in [-0.2, -0.15) is 26.3 Å². The molecule has 0 aromatic heterocycles. The number of amides is 1. The van der Waals surface area contributed by atoms with Crippen LogP contribution in [0, 0.1) is 0 Å². The molecule has 1 saturated heterocycles. The molecule has 5 nitrogen and oxygen atoms in total. The molecule has 0 saturated carbocycles. The number of halogens is 6. The number of nitrogens with one attached hydrogen (secondary N) is 1.